The standard InChI is InChI=1S/C38H38N4O/c1-2-22-19-40-14-11-25-24-7-3-5-9-30(24)39-35(25)32(40)17-26(22)28-21-42-31-10-6-4-8-29(31)38-13-15-41-20-23-12-16-43-36(28)34(37(38)42)27(23)18-33(38)41/h3-10,12,17,21,27,33-34,36-37,39H,2,11,13-16,18-20H2,1H3/p+1. The summed E-state index contributed by atoms with van der Waals surface area (Å²) in [6, 6.07) is 19.5. The number of benzene rings is 2. The summed E-state index contributed by atoms with van der Waals surface area (Å²) in [7, 11) is 0. The SMILES string of the molecule is CCC1=C(C2=CN3c4ccccc4C45CCN6CC7=CCOC2C(C7CC64)C35)C=C2c3[nH]c4ccccc4c3CC[NH+]2C1. The van der Waals surface area contributed by atoms with Gasteiger partial charge in [-0.2, -0.15) is 0 Å². The molecule has 216 valence electrons. The number of aromatic nitrogens is 1. The number of H-pyrrole nitrogens is 1. The molecule has 7 aliphatic heterocycles. The highest BCUT2D eigenvalue weighted by Gasteiger charge is 2.69. The van der Waals surface area contributed by atoms with Gasteiger partial charge in [-0.25, -0.2) is 0 Å². The Morgan fingerprint density at radius 2 is 2.02 bits per heavy atom. The Morgan fingerprint density at radius 3 is 2.98 bits per heavy atom. The van der Waals surface area contributed by atoms with Crippen LogP contribution in [0.15, 0.2) is 89.2 Å². The van der Waals surface area contributed by atoms with Crippen LogP contribution >= 0.6 is 0 Å². The molecule has 5 nitrogen and oxygen atoms in total. The van der Waals surface area contributed by atoms with E-state index >= 15 is 0 Å². The number of ether oxygens (including phenoxy) is 1. The Hall–Kier alpha value is -3.38. The van der Waals surface area contributed by atoms with Crippen LogP contribution < -0.4 is 9.80 Å². The molecule has 7 atom stereocenters. The number of hydrogen-bond acceptors (Lipinski definition) is 3. The minimum absolute atomic E-state index is 0.139. The van der Waals surface area contributed by atoms with Gasteiger partial charge in [0.05, 0.1) is 25.3 Å². The Labute approximate surface area is 253 Å². The molecule has 2 N–H and O–H groups in total. The first-order valence-corrected chi connectivity index (χ1v) is 16.8. The Morgan fingerprint density at radius 1 is 1.12 bits per heavy atom. The molecular weight excluding hydrogens is 528 g/mol. The van der Waals surface area contributed by atoms with Crippen LogP contribution in [-0.2, 0) is 16.6 Å². The highest BCUT2D eigenvalue weighted by Crippen LogP contribution is 2.66. The Balaban J connectivity index is 1.13. The molecule has 2 bridgehead atoms. The zero-order valence-electron chi connectivity index (χ0n) is 24.9. The lowest BCUT2D eigenvalue weighted by Crippen LogP contribution is -3.11. The second-order valence-corrected chi connectivity index (χ2v) is 14.4. The van der Waals surface area contributed by atoms with E-state index in [-0.39, 0.29) is 11.5 Å². The number of allylic oxidation sites excluding steroid dienone is 1. The molecule has 5 heteroatoms. The molecule has 3 aromatic rings. The van der Waals surface area contributed by atoms with Gasteiger partial charge in [-0.15, -0.1) is 0 Å². The molecule has 2 aromatic carbocycles. The molecule has 0 amide bonds. The fourth-order valence-corrected chi connectivity index (χ4v) is 11.4. The topological polar surface area (TPSA) is 35.9 Å². The van der Waals surface area contributed by atoms with Crippen LogP contribution in [0, 0.1) is 11.8 Å². The molecule has 3 fully saturated rings. The number of aromatic amines is 1. The van der Waals surface area contributed by atoms with Crippen LogP contribution in [0.4, 0.5) is 5.69 Å². The summed E-state index contributed by atoms with van der Waals surface area (Å²) in [4.78, 5) is 11.1. The molecule has 1 aromatic heterocycles. The monoisotopic (exact) mass is 567 g/mol. The first kappa shape index (κ1) is 24.0. The lowest BCUT2D eigenvalue weighted by Gasteiger charge is -2.59. The molecule has 1 spiro atoms. The maximum Gasteiger partial charge on any atom is 0.156 e. The molecule has 0 radical (unpaired) electrons. The van der Waals surface area contributed by atoms with Crippen molar-refractivity contribution in [2.24, 2.45) is 11.8 Å². The van der Waals surface area contributed by atoms with Crippen molar-refractivity contribution in [3.05, 3.63) is 106 Å². The van der Waals surface area contributed by atoms with E-state index in [0.717, 1.165) is 39.1 Å². The summed E-state index contributed by atoms with van der Waals surface area (Å²) >= 11 is 0. The average Bonchev–Trinajstić information content (AvgIpc) is 3.67. The number of fused-ring (bicyclic) bond motifs is 7. The van der Waals surface area contributed by atoms with Gasteiger partial charge in [0, 0.05) is 64.8 Å². The molecule has 11 rings (SSSR count). The van der Waals surface area contributed by atoms with Crippen LogP contribution in [-0.4, -0.2) is 60.9 Å². The first-order chi connectivity index (χ1) is 21.2. The fourth-order valence-electron chi connectivity index (χ4n) is 11.4. The van der Waals surface area contributed by atoms with E-state index in [1.807, 2.05) is 0 Å². The van der Waals surface area contributed by atoms with E-state index in [2.05, 4.69) is 88.6 Å². The van der Waals surface area contributed by atoms with Gasteiger partial charge in [-0.1, -0.05) is 55.0 Å². The van der Waals surface area contributed by atoms with E-state index in [0.29, 0.717) is 23.9 Å². The van der Waals surface area contributed by atoms with Crippen molar-refractivity contribution >= 4 is 22.3 Å². The number of quaternary nitrogens is 1. The van der Waals surface area contributed by atoms with E-state index in [1.165, 1.54) is 64.1 Å². The van der Waals surface area contributed by atoms with Gasteiger partial charge in [0.25, 0.3) is 0 Å². The van der Waals surface area contributed by atoms with E-state index in [9.17, 15) is 0 Å². The van der Waals surface area contributed by atoms with Gasteiger partial charge >= 0.3 is 0 Å². The summed E-state index contributed by atoms with van der Waals surface area (Å²) in [5.41, 5.74) is 15.0. The molecule has 2 saturated heterocycles. The predicted octanol–water partition coefficient (Wildman–Crippen LogP) is 4.74. The van der Waals surface area contributed by atoms with Crippen molar-refractivity contribution in [3.8, 4) is 0 Å². The third kappa shape index (κ3) is 2.82. The van der Waals surface area contributed by atoms with Crippen molar-refractivity contribution in [1.29, 1.82) is 0 Å². The lowest BCUT2D eigenvalue weighted by atomic mass is 9.53. The number of rotatable bonds is 2. The second-order valence-electron chi connectivity index (χ2n) is 14.4. The number of hydrogen-bond donors (Lipinski definition) is 2. The summed E-state index contributed by atoms with van der Waals surface area (Å²) in [5.74, 6) is 1.10. The predicted molar refractivity (Wildman–Crippen MR) is 170 cm³/mol. The zero-order valence-corrected chi connectivity index (χ0v) is 24.9. The lowest BCUT2D eigenvalue weighted by molar-refractivity contribution is -0.822. The molecule has 8 aliphatic rings. The second kappa shape index (κ2) is 8.20. The van der Waals surface area contributed by atoms with Gasteiger partial charge in [-0.05, 0) is 66.1 Å². The normalized spacial score (nSPS) is 36.5. The zero-order chi connectivity index (χ0) is 28.0. The first-order valence-electron chi connectivity index (χ1n) is 16.8. The summed E-state index contributed by atoms with van der Waals surface area (Å²) in [6.07, 6.45) is 12.6. The van der Waals surface area contributed by atoms with E-state index in [1.54, 1.807) is 21.6 Å². The number of para-hydroxylation sites is 2. The smallest absolute Gasteiger partial charge is 0.156 e. The number of anilines is 1. The van der Waals surface area contributed by atoms with Crippen molar-refractivity contribution in [1.82, 2.24) is 9.88 Å². The van der Waals surface area contributed by atoms with Crippen molar-refractivity contribution in [3.63, 3.8) is 0 Å². The number of nitrogens with zero attached hydrogens (tertiary/aromatic N) is 2. The van der Waals surface area contributed by atoms with Gasteiger partial charge in [0.2, 0.25) is 0 Å². The third-order valence-electron chi connectivity index (χ3n) is 13.1. The van der Waals surface area contributed by atoms with Crippen LogP contribution in [0.3, 0.4) is 0 Å². The van der Waals surface area contributed by atoms with Crippen LogP contribution in [0.5, 0.6) is 0 Å². The van der Waals surface area contributed by atoms with E-state index < -0.39 is 0 Å². The van der Waals surface area contributed by atoms with Gasteiger partial charge in [0.1, 0.15) is 12.2 Å². The van der Waals surface area contributed by atoms with Crippen molar-refractivity contribution in [2.75, 3.05) is 37.7 Å². The maximum absolute atomic E-state index is 7.07. The van der Waals surface area contributed by atoms with Crippen LogP contribution in [0.2, 0.25) is 0 Å². The Kier molecular flexibility index (Phi) is 4.58. The average molecular weight is 568 g/mol. The molecular formula is C38H39N4O+. The molecule has 8 heterocycles. The van der Waals surface area contributed by atoms with Crippen LogP contribution in [0.1, 0.15) is 43.0 Å². The third-order valence-corrected chi connectivity index (χ3v) is 13.1. The minimum atomic E-state index is 0.139. The largest absolute Gasteiger partial charge is 0.369 e. The maximum atomic E-state index is 7.07. The number of nitrogens with one attached hydrogen (secondary N) is 2. The van der Waals surface area contributed by atoms with Crippen molar-refractivity contribution in [2.45, 2.75) is 56.2 Å². The molecule has 43 heavy (non-hydrogen) atoms. The highest BCUT2D eigenvalue weighted by atomic mass is 16.5. The number of piperidine rings is 1. The minimum Gasteiger partial charge on any atom is -0.369 e. The highest BCUT2D eigenvalue weighted by molar-refractivity contribution is 5.89. The van der Waals surface area contributed by atoms with Gasteiger partial charge in [0.15, 0.2) is 5.70 Å². The summed E-state index contributed by atoms with van der Waals surface area (Å²) in [6.45, 7) is 7.73. The molecule has 1 saturated carbocycles. The van der Waals surface area contributed by atoms with Crippen LogP contribution in [0.25, 0.3) is 16.6 Å². The van der Waals surface area contributed by atoms with Crippen molar-refractivity contribution < 1.29 is 9.64 Å². The molecule has 7 unspecified atom stereocenters. The molecule has 1 aliphatic carbocycles. The summed E-state index contributed by atoms with van der Waals surface area (Å²) in [5, 5.41) is 1.40. The fraction of sp³-hybridized carbons (Fsp3) is 0.421. The summed E-state index contributed by atoms with van der Waals surface area (Å²) < 4.78 is 7.07. The van der Waals surface area contributed by atoms with E-state index in [4.69, 9.17) is 4.74 Å². The van der Waals surface area contributed by atoms with Gasteiger partial charge < -0.3 is 14.6 Å². The van der Waals surface area contributed by atoms with Gasteiger partial charge in [-0.3, -0.25) is 9.80 Å². The quantitative estimate of drug-likeness (QED) is 0.439. The Bertz CT molecular complexity index is 1870.